The molecule has 2 heterocycles. The summed E-state index contributed by atoms with van der Waals surface area (Å²) in [5.74, 6) is 0. The van der Waals surface area contributed by atoms with Gasteiger partial charge in [-0.25, -0.2) is 5.01 Å². The van der Waals surface area contributed by atoms with E-state index in [1.54, 1.807) is 0 Å². The molecule has 3 nitrogen and oxygen atoms in total. The van der Waals surface area contributed by atoms with Crippen LogP contribution in [0.5, 0.6) is 0 Å². The van der Waals surface area contributed by atoms with E-state index in [1.165, 1.54) is 17.5 Å². The minimum absolute atomic E-state index is 0.368. The van der Waals surface area contributed by atoms with Crippen molar-refractivity contribution in [2.24, 2.45) is 0 Å². The summed E-state index contributed by atoms with van der Waals surface area (Å²) in [5.41, 5.74) is 2.07. The number of rotatable bonds is 2. The van der Waals surface area contributed by atoms with Crippen LogP contribution in [0.25, 0.3) is 0 Å². The van der Waals surface area contributed by atoms with Gasteiger partial charge in [0.1, 0.15) is 0 Å². The molecular formula is C18H20N2O. The Kier molecular flexibility index (Phi) is 3.07. The second-order valence-electron chi connectivity index (χ2n) is 5.84. The Bertz CT molecular complexity index is 574. The maximum atomic E-state index is 6.45. The molecule has 0 radical (unpaired) electrons. The Hall–Kier alpha value is -1.68. The molecule has 0 saturated carbocycles. The van der Waals surface area contributed by atoms with Gasteiger partial charge in [0.15, 0.2) is 5.60 Å². The molecule has 2 fully saturated rings. The maximum absolute atomic E-state index is 6.45. The first-order valence-electron chi connectivity index (χ1n) is 7.63. The lowest BCUT2D eigenvalue weighted by Gasteiger charge is -2.33. The van der Waals surface area contributed by atoms with Crippen LogP contribution < -0.4 is 0 Å². The van der Waals surface area contributed by atoms with Crippen LogP contribution >= 0.6 is 0 Å². The molecule has 0 aromatic heterocycles. The lowest BCUT2D eigenvalue weighted by Crippen LogP contribution is -2.41. The fraction of sp³-hybridized carbons (Fsp3) is 0.333. The van der Waals surface area contributed by atoms with E-state index in [2.05, 4.69) is 65.7 Å². The van der Waals surface area contributed by atoms with Crippen LogP contribution in [0.2, 0.25) is 0 Å². The van der Waals surface area contributed by atoms with Crippen molar-refractivity contribution in [3.8, 4) is 0 Å². The van der Waals surface area contributed by atoms with Crippen LogP contribution in [0.3, 0.4) is 0 Å². The SMILES string of the molecule is CN1OC(c2ccccc2)(c2ccccc2)C2CCCN21. The van der Waals surface area contributed by atoms with Gasteiger partial charge >= 0.3 is 0 Å². The van der Waals surface area contributed by atoms with Gasteiger partial charge < -0.3 is 0 Å². The van der Waals surface area contributed by atoms with Gasteiger partial charge in [-0.3, -0.25) is 4.84 Å². The van der Waals surface area contributed by atoms with Gasteiger partial charge in [0.05, 0.1) is 6.04 Å². The van der Waals surface area contributed by atoms with Crippen LogP contribution in [0.1, 0.15) is 24.0 Å². The molecule has 0 aliphatic carbocycles. The molecule has 1 atom stereocenters. The average Bonchev–Trinajstić information content (AvgIpc) is 3.13. The van der Waals surface area contributed by atoms with Crippen LogP contribution in [-0.2, 0) is 10.4 Å². The van der Waals surface area contributed by atoms with Gasteiger partial charge in [-0.15, -0.1) is 5.17 Å². The quantitative estimate of drug-likeness (QED) is 0.840. The number of hydrazine groups is 1. The van der Waals surface area contributed by atoms with E-state index in [9.17, 15) is 0 Å². The van der Waals surface area contributed by atoms with E-state index in [-0.39, 0.29) is 0 Å². The van der Waals surface area contributed by atoms with Crippen molar-refractivity contribution in [3.63, 3.8) is 0 Å². The fourth-order valence-electron chi connectivity index (χ4n) is 3.85. The van der Waals surface area contributed by atoms with Crippen molar-refractivity contribution in [2.45, 2.75) is 24.5 Å². The van der Waals surface area contributed by atoms with Gasteiger partial charge in [0.25, 0.3) is 0 Å². The van der Waals surface area contributed by atoms with Crippen molar-refractivity contribution < 1.29 is 4.84 Å². The molecule has 2 aliphatic rings. The smallest absolute Gasteiger partial charge is 0.158 e. The second-order valence-corrected chi connectivity index (χ2v) is 5.84. The molecule has 21 heavy (non-hydrogen) atoms. The van der Waals surface area contributed by atoms with Crippen LogP contribution in [-0.4, -0.2) is 29.8 Å². The normalized spacial score (nSPS) is 25.1. The summed E-state index contributed by atoms with van der Waals surface area (Å²) in [4.78, 5) is 6.45. The molecule has 2 aromatic carbocycles. The van der Waals surface area contributed by atoms with E-state index >= 15 is 0 Å². The highest BCUT2D eigenvalue weighted by molar-refractivity contribution is 5.39. The van der Waals surface area contributed by atoms with E-state index in [0.29, 0.717) is 6.04 Å². The third kappa shape index (κ3) is 1.85. The third-order valence-electron chi connectivity index (χ3n) is 4.74. The zero-order chi connectivity index (χ0) is 14.3. The summed E-state index contributed by atoms with van der Waals surface area (Å²) in [6, 6.07) is 21.6. The Morgan fingerprint density at radius 3 is 2.10 bits per heavy atom. The van der Waals surface area contributed by atoms with E-state index < -0.39 is 5.60 Å². The predicted molar refractivity (Wildman–Crippen MR) is 82.2 cm³/mol. The number of fused-ring (bicyclic) bond motifs is 1. The zero-order valence-electron chi connectivity index (χ0n) is 12.3. The topological polar surface area (TPSA) is 15.7 Å². The van der Waals surface area contributed by atoms with Crippen molar-refractivity contribution in [1.29, 1.82) is 0 Å². The Morgan fingerprint density at radius 1 is 0.952 bits per heavy atom. The lowest BCUT2D eigenvalue weighted by molar-refractivity contribution is -0.236. The van der Waals surface area contributed by atoms with Gasteiger partial charge in [-0.05, 0) is 24.0 Å². The summed E-state index contributed by atoms with van der Waals surface area (Å²) in [6.45, 7) is 1.07. The molecule has 3 heteroatoms. The van der Waals surface area contributed by atoms with Crippen molar-refractivity contribution in [3.05, 3.63) is 71.8 Å². The third-order valence-corrected chi connectivity index (χ3v) is 4.74. The first-order chi connectivity index (χ1) is 10.3. The fourth-order valence-corrected chi connectivity index (χ4v) is 3.85. The summed E-state index contributed by atoms with van der Waals surface area (Å²) in [6.07, 6.45) is 2.38. The van der Waals surface area contributed by atoms with E-state index in [0.717, 1.165) is 13.0 Å². The van der Waals surface area contributed by atoms with E-state index in [4.69, 9.17) is 4.84 Å². The largest absolute Gasteiger partial charge is 0.266 e. The molecular weight excluding hydrogens is 260 g/mol. The maximum Gasteiger partial charge on any atom is 0.158 e. The Labute approximate surface area is 125 Å². The van der Waals surface area contributed by atoms with Crippen LogP contribution in [0.15, 0.2) is 60.7 Å². The number of hydroxylamine groups is 1. The van der Waals surface area contributed by atoms with Gasteiger partial charge in [-0.1, -0.05) is 60.7 Å². The molecule has 4 rings (SSSR count). The molecule has 2 aliphatic heterocycles. The van der Waals surface area contributed by atoms with E-state index in [1.807, 2.05) is 12.2 Å². The summed E-state index contributed by atoms with van der Waals surface area (Å²) in [5, 5.41) is 4.30. The van der Waals surface area contributed by atoms with Gasteiger partial charge in [0.2, 0.25) is 0 Å². The molecule has 0 bridgehead atoms. The standard InChI is InChI=1S/C18H20N2O/c1-19-20-14-8-13-17(20)18(21-19,15-9-4-2-5-10-15)16-11-6-3-7-12-16/h2-7,9-12,17H,8,13-14H2,1H3. The first-order valence-corrected chi connectivity index (χ1v) is 7.63. The molecule has 0 spiro atoms. The molecule has 2 saturated heterocycles. The molecule has 2 aromatic rings. The average molecular weight is 280 g/mol. The summed E-state index contributed by atoms with van der Waals surface area (Å²) in [7, 11) is 2.02. The zero-order valence-corrected chi connectivity index (χ0v) is 12.3. The highest BCUT2D eigenvalue weighted by Gasteiger charge is 2.55. The van der Waals surface area contributed by atoms with Crippen LogP contribution in [0.4, 0.5) is 0 Å². The molecule has 0 N–H and O–H groups in total. The summed E-state index contributed by atoms with van der Waals surface area (Å²) < 4.78 is 0. The molecule has 108 valence electrons. The summed E-state index contributed by atoms with van der Waals surface area (Å²) >= 11 is 0. The first kappa shape index (κ1) is 13.0. The van der Waals surface area contributed by atoms with Crippen LogP contribution in [0, 0.1) is 0 Å². The lowest BCUT2D eigenvalue weighted by atomic mass is 9.79. The van der Waals surface area contributed by atoms with Crippen molar-refractivity contribution >= 4 is 0 Å². The monoisotopic (exact) mass is 280 g/mol. The highest BCUT2D eigenvalue weighted by atomic mass is 16.7. The minimum atomic E-state index is -0.395. The van der Waals surface area contributed by atoms with Crippen molar-refractivity contribution in [1.82, 2.24) is 10.2 Å². The Morgan fingerprint density at radius 2 is 1.52 bits per heavy atom. The number of nitrogens with zero attached hydrogens (tertiary/aromatic N) is 2. The second kappa shape index (κ2) is 4.95. The Balaban J connectivity index is 1.92. The number of hydrogen-bond donors (Lipinski definition) is 0. The van der Waals surface area contributed by atoms with Gasteiger partial charge in [-0.2, -0.15) is 0 Å². The number of hydrogen-bond acceptors (Lipinski definition) is 3. The molecule has 0 amide bonds. The molecule has 1 unspecified atom stereocenters. The minimum Gasteiger partial charge on any atom is -0.266 e. The van der Waals surface area contributed by atoms with Crippen molar-refractivity contribution in [2.75, 3.05) is 13.6 Å². The highest BCUT2D eigenvalue weighted by Crippen LogP contribution is 2.48. The predicted octanol–water partition coefficient (Wildman–Crippen LogP) is 3.19. The number of benzene rings is 2. The van der Waals surface area contributed by atoms with Gasteiger partial charge in [0, 0.05) is 13.6 Å².